The highest BCUT2D eigenvalue weighted by molar-refractivity contribution is 6.00. The summed E-state index contributed by atoms with van der Waals surface area (Å²) in [6.07, 6.45) is 3.48. The number of benzene rings is 2. The Hall–Kier alpha value is -2.53. The van der Waals surface area contributed by atoms with E-state index >= 15 is 0 Å². The normalized spacial score (nSPS) is 18.9. The molecule has 0 unspecified atom stereocenters. The lowest BCUT2D eigenvalue weighted by molar-refractivity contribution is 0.0583. The molecule has 0 radical (unpaired) electrons. The second kappa shape index (κ2) is 10.6. The molecule has 5 nitrogen and oxygen atoms in total. The molecule has 5 heteroatoms. The van der Waals surface area contributed by atoms with Gasteiger partial charge in [0.25, 0.3) is 5.91 Å². The minimum Gasteiger partial charge on any atom is -0.454 e. The minimum atomic E-state index is -0.318. The average molecular weight is 453 g/mol. The number of carbonyl (C=O) groups is 1. The molecular formula is C28H40N2O3. The zero-order chi connectivity index (χ0) is 22.7. The fourth-order valence-corrected chi connectivity index (χ4v) is 5.14. The summed E-state index contributed by atoms with van der Waals surface area (Å²) >= 11 is 0. The number of piperidine rings is 1. The first-order valence-corrected chi connectivity index (χ1v) is 12.0. The standard InChI is InChI=1S/C25H30N2O3.C2H6.CH4/c1-25(2)21-15-23-22(29-17-30-23)14-20(21)24(28)27(25)13-10-18-8-11-26(12-9-18)16-19-6-4-3-5-7-19;1-2;/h3-7,14-15,18H,8-13,16-17H2,1-2H3;1-2H3;1H4. The lowest BCUT2D eigenvalue weighted by Crippen LogP contribution is -2.41. The maximum absolute atomic E-state index is 13.2. The molecule has 2 aromatic rings. The summed E-state index contributed by atoms with van der Waals surface area (Å²) in [6.45, 7) is 12.6. The van der Waals surface area contributed by atoms with Crippen LogP contribution in [0.1, 0.15) is 75.9 Å². The Morgan fingerprint density at radius 1 is 1.00 bits per heavy atom. The van der Waals surface area contributed by atoms with Crippen LogP contribution in [0.25, 0.3) is 0 Å². The molecule has 0 atom stereocenters. The van der Waals surface area contributed by atoms with E-state index in [1.807, 2.05) is 30.9 Å². The number of rotatable bonds is 5. The van der Waals surface area contributed by atoms with Gasteiger partial charge in [0, 0.05) is 18.7 Å². The number of hydrogen-bond acceptors (Lipinski definition) is 4. The van der Waals surface area contributed by atoms with Gasteiger partial charge in [0.2, 0.25) is 6.79 Å². The maximum Gasteiger partial charge on any atom is 0.255 e. The Balaban J connectivity index is 0.000000994. The van der Waals surface area contributed by atoms with E-state index in [2.05, 4.69) is 49.1 Å². The van der Waals surface area contributed by atoms with Crippen molar-refractivity contribution in [3.8, 4) is 11.5 Å². The molecule has 180 valence electrons. The van der Waals surface area contributed by atoms with Crippen LogP contribution in [0.5, 0.6) is 11.5 Å². The molecule has 0 bridgehead atoms. The highest BCUT2D eigenvalue weighted by Gasteiger charge is 2.44. The van der Waals surface area contributed by atoms with Gasteiger partial charge in [0.05, 0.1) is 5.54 Å². The molecule has 1 saturated heterocycles. The van der Waals surface area contributed by atoms with Crippen LogP contribution in [-0.2, 0) is 12.1 Å². The van der Waals surface area contributed by atoms with E-state index in [0.29, 0.717) is 11.7 Å². The summed E-state index contributed by atoms with van der Waals surface area (Å²) in [6, 6.07) is 14.6. The largest absolute Gasteiger partial charge is 0.454 e. The lowest BCUT2D eigenvalue weighted by atomic mass is 9.91. The molecular weight excluding hydrogens is 412 g/mol. The van der Waals surface area contributed by atoms with Gasteiger partial charge >= 0.3 is 0 Å². The average Bonchev–Trinajstić information content (AvgIpc) is 3.35. The van der Waals surface area contributed by atoms with Gasteiger partial charge in [0.15, 0.2) is 11.5 Å². The quantitative estimate of drug-likeness (QED) is 0.552. The van der Waals surface area contributed by atoms with Crippen LogP contribution in [0, 0.1) is 5.92 Å². The van der Waals surface area contributed by atoms with Crippen LogP contribution >= 0.6 is 0 Å². The van der Waals surface area contributed by atoms with Crippen molar-refractivity contribution in [2.24, 2.45) is 5.92 Å². The summed E-state index contributed by atoms with van der Waals surface area (Å²) in [5.41, 5.74) is 2.89. The highest BCUT2D eigenvalue weighted by Crippen LogP contribution is 2.45. The Kier molecular flexibility index (Phi) is 8.06. The topological polar surface area (TPSA) is 42.0 Å². The van der Waals surface area contributed by atoms with E-state index in [1.54, 1.807) is 0 Å². The van der Waals surface area contributed by atoms with Crippen LogP contribution in [0.2, 0.25) is 0 Å². The zero-order valence-electron chi connectivity index (χ0n) is 19.9. The van der Waals surface area contributed by atoms with E-state index in [4.69, 9.17) is 9.47 Å². The molecule has 2 aromatic carbocycles. The van der Waals surface area contributed by atoms with E-state index in [-0.39, 0.29) is 25.7 Å². The van der Waals surface area contributed by atoms with Crippen LogP contribution in [0.4, 0.5) is 0 Å². The molecule has 33 heavy (non-hydrogen) atoms. The number of fused-ring (bicyclic) bond motifs is 2. The number of likely N-dealkylation sites (tertiary alicyclic amines) is 1. The van der Waals surface area contributed by atoms with Crippen molar-refractivity contribution in [3.63, 3.8) is 0 Å². The van der Waals surface area contributed by atoms with Crippen molar-refractivity contribution in [2.45, 2.75) is 66.5 Å². The third-order valence-corrected chi connectivity index (χ3v) is 7.04. The smallest absolute Gasteiger partial charge is 0.255 e. The fraction of sp³-hybridized carbons (Fsp3) is 0.536. The van der Waals surface area contributed by atoms with E-state index in [9.17, 15) is 4.79 Å². The van der Waals surface area contributed by atoms with Gasteiger partial charge < -0.3 is 14.4 Å². The molecule has 0 aromatic heterocycles. The second-order valence-corrected chi connectivity index (χ2v) is 9.26. The summed E-state index contributed by atoms with van der Waals surface area (Å²) in [7, 11) is 0. The van der Waals surface area contributed by atoms with E-state index in [1.165, 1.54) is 18.4 Å². The van der Waals surface area contributed by atoms with Gasteiger partial charge in [-0.1, -0.05) is 51.6 Å². The first-order chi connectivity index (χ1) is 15.5. The van der Waals surface area contributed by atoms with Gasteiger partial charge in [-0.3, -0.25) is 9.69 Å². The molecule has 3 heterocycles. The Bertz CT molecular complexity index is 934. The lowest BCUT2D eigenvalue weighted by Gasteiger charge is -2.36. The number of ether oxygens (including phenoxy) is 2. The molecule has 3 aliphatic rings. The van der Waals surface area contributed by atoms with Crippen LogP contribution in [0.15, 0.2) is 42.5 Å². The minimum absolute atomic E-state index is 0. The number of hydrogen-bond donors (Lipinski definition) is 0. The third-order valence-electron chi connectivity index (χ3n) is 7.04. The zero-order valence-corrected chi connectivity index (χ0v) is 19.9. The molecule has 1 fully saturated rings. The Labute approximate surface area is 199 Å². The van der Waals surface area contributed by atoms with Crippen molar-refractivity contribution < 1.29 is 14.3 Å². The molecule has 0 N–H and O–H groups in total. The number of carbonyl (C=O) groups excluding carboxylic acids is 1. The van der Waals surface area contributed by atoms with E-state index < -0.39 is 0 Å². The summed E-state index contributed by atoms with van der Waals surface area (Å²) < 4.78 is 11.0. The first-order valence-electron chi connectivity index (χ1n) is 12.0. The fourth-order valence-electron chi connectivity index (χ4n) is 5.14. The van der Waals surface area contributed by atoms with Crippen LogP contribution in [-0.4, -0.2) is 42.1 Å². The predicted octanol–water partition coefficient (Wildman–Crippen LogP) is 6.07. The van der Waals surface area contributed by atoms with Crippen LogP contribution < -0.4 is 9.47 Å². The highest BCUT2D eigenvalue weighted by atomic mass is 16.7. The molecule has 0 saturated carbocycles. The summed E-state index contributed by atoms with van der Waals surface area (Å²) in [5.74, 6) is 2.24. The Morgan fingerprint density at radius 2 is 1.64 bits per heavy atom. The van der Waals surface area contributed by atoms with Crippen molar-refractivity contribution in [3.05, 3.63) is 59.2 Å². The molecule has 1 amide bonds. The monoisotopic (exact) mass is 452 g/mol. The molecule has 0 aliphatic carbocycles. The summed E-state index contributed by atoms with van der Waals surface area (Å²) in [4.78, 5) is 17.8. The van der Waals surface area contributed by atoms with Gasteiger partial charge in [-0.2, -0.15) is 0 Å². The SMILES string of the molecule is C.CC.CC1(C)c2cc3c(cc2C(=O)N1CCC1CCN(Cc2ccccc2)CC1)OCO3. The van der Waals surface area contributed by atoms with Gasteiger partial charge in [0.1, 0.15) is 0 Å². The number of amides is 1. The van der Waals surface area contributed by atoms with E-state index in [0.717, 1.165) is 49.5 Å². The molecule has 0 spiro atoms. The number of nitrogens with zero attached hydrogens (tertiary/aromatic N) is 2. The predicted molar refractivity (Wildman–Crippen MR) is 134 cm³/mol. The van der Waals surface area contributed by atoms with Gasteiger partial charge in [-0.15, -0.1) is 0 Å². The van der Waals surface area contributed by atoms with Crippen LogP contribution in [0.3, 0.4) is 0 Å². The first kappa shape index (κ1) is 25.1. The van der Waals surface area contributed by atoms with Crippen molar-refractivity contribution in [1.82, 2.24) is 9.80 Å². The maximum atomic E-state index is 13.2. The van der Waals surface area contributed by atoms with Gasteiger partial charge in [-0.05, 0) is 75.4 Å². The van der Waals surface area contributed by atoms with Crippen molar-refractivity contribution in [1.29, 1.82) is 0 Å². The molecule has 3 aliphatic heterocycles. The van der Waals surface area contributed by atoms with Crippen molar-refractivity contribution >= 4 is 5.91 Å². The second-order valence-electron chi connectivity index (χ2n) is 9.26. The van der Waals surface area contributed by atoms with Gasteiger partial charge in [-0.25, -0.2) is 0 Å². The van der Waals surface area contributed by atoms with Crippen molar-refractivity contribution in [2.75, 3.05) is 26.4 Å². The summed E-state index contributed by atoms with van der Waals surface area (Å²) in [5, 5.41) is 0. The Morgan fingerprint density at radius 3 is 2.30 bits per heavy atom. The molecule has 5 rings (SSSR count). The third kappa shape index (κ3) is 5.03.